The Labute approximate surface area is 161 Å². The third kappa shape index (κ3) is 3.09. The minimum Gasteiger partial charge on any atom is -0.292 e. The number of thiazole rings is 1. The van der Waals surface area contributed by atoms with Crippen LogP contribution in [0.25, 0.3) is 20.8 Å². The van der Waals surface area contributed by atoms with Gasteiger partial charge in [0.25, 0.3) is 5.56 Å². The van der Waals surface area contributed by atoms with E-state index in [1.807, 2.05) is 24.4 Å². The van der Waals surface area contributed by atoms with Crippen LogP contribution in [0.15, 0.2) is 46.6 Å². The third-order valence-corrected chi connectivity index (χ3v) is 5.93. The van der Waals surface area contributed by atoms with Crippen molar-refractivity contribution in [2.75, 3.05) is 0 Å². The summed E-state index contributed by atoms with van der Waals surface area (Å²) in [4.78, 5) is 30.6. The van der Waals surface area contributed by atoms with Crippen LogP contribution in [0.5, 0.6) is 0 Å². The van der Waals surface area contributed by atoms with Crippen molar-refractivity contribution in [3.63, 3.8) is 0 Å². The van der Waals surface area contributed by atoms with Gasteiger partial charge >= 0.3 is 0 Å². The predicted octanol–water partition coefficient (Wildman–Crippen LogP) is 4.43. The first kappa shape index (κ1) is 17.1. The molecule has 0 saturated carbocycles. The molecule has 0 amide bonds. The molecule has 3 heterocycles. The highest BCUT2D eigenvalue weighted by molar-refractivity contribution is 7.20. The highest BCUT2D eigenvalue weighted by Gasteiger charge is 2.18. The minimum absolute atomic E-state index is 0.147. The number of carbonyl (C=O) groups excluding carboxylic acids is 1. The molecule has 0 saturated heterocycles. The molecule has 26 heavy (non-hydrogen) atoms. The molecule has 4 rings (SSSR count). The van der Waals surface area contributed by atoms with Gasteiger partial charge in [-0.1, -0.05) is 17.7 Å². The van der Waals surface area contributed by atoms with Crippen molar-refractivity contribution in [1.82, 2.24) is 14.8 Å². The maximum Gasteiger partial charge on any atom is 0.294 e. The maximum atomic E-state index is 12.8. The molecule has 0 aliphatic rings. The number of nitrogens with zero attached hydrogens (tertiary/aromatic N) is 3. The zero-order valence-electron chi connectivity index (χ0n) is 13.6. The van der Waals surface area contributed by atoms with Crippen LogP contribution in [-0.2, 0) is 6.54 Å². The van der Waals surface area contributed by atoms with E-state index >= 15 is 0 Å². The van der Waals surface area contributed by atoms with Gasteiger partial charge in [-0.05, 0) is 42.6 Å². The molecular formula is C18H12ClN3O2S2. The van der Waals surface area contributed by atoms with Gasteiger partial charge in [0, 0.05) is 10.6 Å². The summed E-state index contributed by atoms with van der Waals surface area (Å²) in [5.74, 6) is -0.209. The summed E-state index contributed by atoms with van der Waals surface area (Å²) in [5.41, 5.74) is 1.17. The van der Waals surface area contributed by atoms with Crippen LogP contribution in [0, 0.1) is 6.92 Å². The third-order valence-electron chi connectivity index (χ3n) is 3.82. The topological polar surface area (TPSA) is 64.8 Å². The fourth-order valence-electron chi connectivity index (χ4n) is 2.61. The van der Waals surface area contributed by atoms with E-state index in [1.54, 1.807) is 24.3 Å². The number of hydrogen-bond donors (Lipinski definition) is 0. The monoisotopic (exact) mass is 401 g/mol. The number of aromatic nitrogens is 3. The molecule has 0 bridgehead atoms. The second kappa shape index (κ2) is 6.75. The smallest absolute Gasteiger partial charge is 0.292 e. The van der Waals surface area contributed by atoms with E-state index in [0.717, 1.165) is 14.6 Å². The lowest BCUT2D eigenvalue weighted by Crippen LogP contribution is -2.27. The van der Waals surface area contributed by atoms with Gasteiger partial charge in [-0.25, -0.2) is 9.67 Å². The second-order valence-corrected chi connectivity index (χ2v) is 8.22. The molecule has 0 unspecified atom stereocenters. The van der Waals surface area contributed by atoms with Crippen LogP contribution in [-0.4, -0.2) is 20.5 Å². The van der Waals surface area contributed by atoms with Crippen LogP contribution in [0.2, 0.25) is 5.02 Å². The molecule has 130 valence electrons. The Morgan fingerprint density at radius 2 is 2.00 bits per heavy atom. The number of carbonyl (C=O) groups is 1. The molecule has 0 spiro atoms. The predicted molar refractivity (Wildman–Crippen MR) is 106 cm³/mol. The van der Waals surface area contributed by atoms with Gasteiger partial charge < -0.3 is 0 Å². The first-order valence-electron chi connectivity index (χ1n) is 7.74. The minimum atomic E-state index is -0.355. The summed E-state index contributed by atoms with van der Waals surface area (Å²) in [6.07, 6.45) is 0. The molecule has 0 aliphatic heterocycles. The average molecular weight is 402 g/mol. The molecule has 0 radical (unpaired) electrons. The Morgan fingerprint density at radius 3 is 2.69 bits per heavy atom. The molecule has 3 aromatic heterocycles. The number of fused-ring (bicyclic) bond motifs is 1. The molecule has 1 aromatic carbocycles. The lowest BCUT2D eigenvalue weighted by molar-refractivity contribution is 0.0966. The Hall–Kier alpha value is -2.35. The van der Waals surface area contributed by atoms with Crippen LogP contribution < -0.4 is 5.56 Å². The number of benzene rings is 1. The molecule has 8 heteroatoms. The molecule has 0 atom stereocenters. The number of aryl methyl sites for hydroxylation is 1. The number of ketones is 1. The van der Waals surface area contributed by atoms with Crippen molar-refractivity contribution in [2.24, 2.45) is 0 Å². The standard InChI is InChI=1S/C18H12ClN3O2S2/c1-10-20-16-17(26-10)15(14-3-2-8-25-14)21-22(18(16)24)9-13(23)11-4-6-12(19)7-5-11/h2-8H,9H2,1H3. The first-order chi connectivity index (χ1) is 12.5. The average Bonchev–Trinajstić information content (AvgIpc) is 3.27. The second-order valence-electron chi connectivity index (χ2n) is 5.63. The Balaban J connectivity index is 1.82. The van der Waals surface area contributed by atoms with E-state index in [2.05, 4.69) is 10.1 Å². The molecule has 5 nitrogen and oxygen atoms in total. The lowest BCUT2D eigenvalue weighted by atomic mass is 10.1. The zero-order valence-corrected chi connectivity index (χ0v) is 16.0. The normalized spacial score (nSPS) is 11.2. The van der Waals surface area contributed by atoms with Crippen LogP contribution in [0.1, 0.15) is 15.4 Å². The fourth-order valence-corrected chi connectivity index (χ4v) is 4.43. The van der Waals surface area contributed by atoms with Crippen molar-refractivity contribution in [3.8, 4) is 10.6 Å². The van der Waals surface area contributed by atoms with Crippen LogP contribution in [0.3, 0.4) is 0 Å². The Morgan fingerprint density at radius 1 is 1.23 bits per heavy atom. The molecule has 0 fully saturated rings. The quantitative estimate of drug-likeness (QED) is 0.474. The first-order valence-corrected chi connectivity index (χ1v) is 9.81. The molecule has 0 N–H and O–H groups in total. The Kier molecular flexibility index (Phi) is 4.44. The number of hydrogen-bond acceptors (Lipinski definition) is 6. The molecule has 0 aliphatic carbocycles. The van der Waals surface area contributed by atoms with Gasteiger partial charge in [0.2, 0.25) is 0 Å². The summed E-state index contributed by atoms with van der Waals surface area (Å²) in [5, 5.41) is 7.77. The number of rotatable bonds is 4. The van der Waals surface area contributed by atoms with Gasteiger partial charge in [0.05, 0.1) is 14.6 Å². The number of Topliss-reactive ketones (excluding diaryl/α,β-unsaturated/α-hetero) is 1. The molecular weight excluding hydrogens is 390 g/mol. The van der Waals surface area contributed by atoms with E-state index < -0.39 is 0 Å². The van der Waals surface area contributed by atoms with E-state index in [0.29, 0.717) is 21.8 Å². The van der Waals surface area contributed by atoms with Crippen LogP contribution >= 0.6 is 34.3 Å². The lowest BCUT2D eigenvalue weighted by Gasteiger charge is -2.07. The fraction of sp³-hybridized carbons (Fsp3) is 0.111. The van der Waals surface area contributed by atoms with E-state index in [1.165, 1.54) is 27.4 Å². The largest absolute Gasteiger partial charge is 0.294 e. The summed E-state index contributed by atoms with van der Waals surface area (Å²) in [7, 11) is 0. The zero-order chi connectivity index (χ0) is 18.3. The SMILES string of the molecule is Cc1nc2c(=O)n(CC(=O)c3ccc(Cl)cc3)nc(-c3cccs3)c2s1. The van der Waals surface area contributed by atoms with Crippen molar-refractivity contribution in [2.45, 2.75) is 13.5 Å². The number of thiophene rings is 1. The van der Waals surface area contributed by atoms with Gasteiger partial charge in [-0.3, -0.25) is 9.59 Å². The van der Waals surface area contributed by atoms with Gasteiger partial charge in [0.1, 0.15) is 12.2 Å². The van der Waals surface area contributed by atoms with E-state index in [4.69, 9.17) is 11.6 Å². The van der Waals surface area contributed by atoms with Crippen molar-refractivity contribution in [1.29, 1.82) is 0 Å². The van der Waals surface area contributed by atoms with Gasteiger partial charge in [-0.2, -0.15) is 5.10 Å². The maximum absolute atomic E-state index is 12.8. The summed E-state index contributed by atoms with van der Waals surface area (Å²) < 4.78 is 1.96. The van der Waals surface area contributed by atoms with Gasteiger partial charge in [-0.15, -0.1) is 22.7 Å². The summed E-state index contributed by atoms with van der Waals surface area (Å²) in [6.45, 7) is 1.71. The van der Waals surface area contributed by atoms with Gasteiger partial charge in [0.15, 0.2) is 11.3 Å². The van der Waals surface area contributed by atoms with E-state index in [9.17, 15) is 9.59 Å². The Bertz CT molecular complexity index is 1160. The van der Waals surface area contributed by atoms with Crippen molar-refractivity contribution in [3.05, 3.63) is 67.7 Å². The number of halogens is 1. The van der Waals surface area contributed by atoms with Crippen molar-refractivity contribution >= 4 is 50.3 Å². The highest BCUT2D eigenvalue weighted by Crippen LogP contribution is 2.32. The van der Waals surface area contributed by atoms with Crippen LogP contribution in [0.4, 0.5) is 0 Å². The van der Waals surface area contributed by atoms with Crippen molar-refractivity contribution < 1.29 is 4.79 Å². The highest BCUT2D eigenvalue weighted by atomic mass is 35.5. The summed E-state index contributed by atoms with van der Waals surface area (Å²) >= 11 is 8.83. The summed E-state index contributed by atoms with van der Waals surface area (Å²) in [6, 6.07) is 10.4. The van der Waals surface area contributed by atoms with E-state index in [-0.39, 0.29) is 17.9 Å². The molecule has 4 aromatic rings.